The van der Waals surface area contributed by atoms with Crippen molar-refractivity contribution in [2.24, 2.45) is 0 Å². The van der Waals surface area contributed by atoms with Gasteiger partial charge in [0, 0.05) is 37.5 Å². The summed E-state index contributed by atoms with van der Waals surface area (Å²) in [5.74, 6) is -0.622. The molecule has 2 amide bonds. The smallest absolute Gasteiger partial charge is 0.229 e. The fourth-order valence-electron chi connectivity index (χ4n) is 3.75. The number of carbonyl (C=O) groups is 2. The maximum absolute atomic E-state index is 12.9. The summed E-state index contributed by atoms with van der Waals surface area (Å²) in [4.78, 5) is 24.9. The molecule has 2 aliphatic rings. The number of carbonyl (C=O) groups excluding carboxylic acids is 2. The van der Waals surface area contributed by atoms with E-state index in [1.54, 1.807) is 0 Å². The van der Waals surface area contributed by atoms with Crippen molar-refractivity contribution in [1.29, 1.82) is 0 Å². The zero-order valence-electron chi connectivity index (χ0n) is 15.3. The van der Waals surface area contributed by atoms with Crippen molar-refractivity contribution in [1.82, 2.24) is 9.21 Å². The molecule has 148 valence electrons. The summed E-state index contributed by atoms with van der Waals surface area (Å²) in [5.41, 5.74) is 1.09. The average Bonchev–Trinajstić information content (AvgIpc) is 2.89. The highest BCUT2D eigenvalue weighted by atomic mass is 35.5. The number of amides is 2. The molecule has 1 aromatic rings. The Morgan fingerprint density at radius 1 is 1.00 bits per heavy atom. The number of sulfonamides is 1. The number of likely N-dealkylation sites (tertiary alicyclic amines) is 1. The minimum Gasteiger partial charge on any atom is -0.282 e. The summed E-state index contributed by atoms with van der Waals surface area (Å²) in [6, 6.07) is 7.56. The van der Waals surface area contributed by atoms with E-state index in [9.17, 15) is 18.0 Å². The summed E-state index contributed by atoms with van der Waals surface area (Å²) < 4.78 is 27.3. The Bertz CT molecular complexity index is 778. The Morgan fingerprint density at radius 3 is 2.33 bits per heavy atom. The first kappa shape index (κ1) is 20.3. The van der Waals surface area contributed by atoms with Crippen LogP contribution in [-0.2, 0) is 19.6 Å². The van der Waals surface area contributed by atoms with E-state index in [1.165, 1.54) is 4.31 Å². The van der Waals surface area contributed by atoms with Gasteiger partial charge in [-0.25, -0.2) is 12.7 Å². The molecule has 0 spiro atoms. The number of piperidine rings is 1. The highest BCUT2D eigenvalue weighted by Crippen LogP contribution is 2.29. The lowest BCUT2D eigenvalue weighted by Crippen LogP contribution is -2.45. The van der Waals surface area contributed by atoms with Gasteiger partial charge in [-0.1, -0.05) is 30.2 Å². The monoisotopic (exact) mass is 412 g/mol. The summed E-state index contributed by atoms with van der Waals surface area (Å²) in [6.07, 6.45) is 3.88. The maximum atomic E-state index is 12.9. The third-order valence-corrected chi connectivity index (χ3v) is 7.39. The molecule has 0 saturated carbocycles. The predicted molar refractivity (Wildman–Crippen MR) is 104 cm³/mol. The molecule has 6 nitrogen and oxygen atoms in total. The molecule has 2 saturated heterocycles. The van der Waals surface area contributed by atoms with E-state index in [-0.39, 0.29) is 30.0 Å². The first-order valence-electron chi connectivity index (χ1n) is 9.43. The van der Waals surface area contributed by atoms with Crippen LogP contribution in [0.25, 0.3) is 0 Å². The molecule has 2 heterocycles. The van der Waals surface area contributed by atoms with Gasteiger partial charge in [0.1, 0.15) is 0 Å². The van der Waals surface area contributed by atoms with Crippen LogP contribution in [0.2, 0.25) is 5.02 Å². The van der Waals surface area contributed by atoms with Crippen molar-refractivity contribution in [2.75, 3.05) is 25.4 Å². The van der Waals surface area contributed by atoms with Crippen LogP contribution in [-0.4, -0.2) is 54.8 Å². The first-order valence-corrected chi connectivity index (χ1v) is 11.4. The molecule has 27 heavy (non-hydrogen) atoms. The van der Waals surface area contributed by atoms with Crippen molar-refractivity contribution >= 4 is 33.4 Å². The first-order chi connectivity index (χ1) is 12.9. The van der Waals surface area contributed by atoms with Crippen molar-refractivity contribution in [3.8, 4) is 0 Å². The van der Waals surface area contributed by atoms with E-state index < -0.39 is 10.0 Å². The molecule has 1 atom stereocenters. The van der Waals surface area contributed by atoms with E-state index in [1.807, 2.05) is 24.3 Å². The van der Waals surface area contributed by atoms with Crippen LogP contribution in [0.15, 0.2) is 24.3 Å². The fraction of sp³-hybridized carbons (Fsp3) is 0.579. The highest BCUT2D eigenvalue weighted by molar-refractivity contribution is 7.89. The molecular formula is C19H25ClN2O4S. The van der Waals surface area contributed by atoms with Gasteiger partial charge in [-0.3, -0.25) is 14.5 Å². The molecule has 0 bridgehead atoms. The largest absolute Gasteiger partial charge is 0.282 e. The second kappa shape index (κ2) is 8.71. The lowest BCUT2D eigenvalue weighted by molar-refractivity contribution is -0.147. The van der Waals surface area contributed by atoms with Gasteiger partial charge < -0.3 is 0 Å². The van der Waals surface area contributed by atoms with Gasteiger partial charge in [-0.15, -0.1) is 0 Å². The molecule has 0 aliphatic carbocycles. The second-order valence-corrected chi connectivity index (χ2v) is 9.74. The number of rotatable bonds is 5. The van der Waals surface area contributed by atoms with Crippen molar-refractivity contribution in [2.45, 2.75) is 44.4 Å². The number of benzene rings is 1. The summed E-state index contributed by atoms with van der Waals surface area (Å²) >= 11 is 5.96. The van der Waals surface area contributed by atoms with Gasteiger partial charge in [0.15, 0.2) is 0 Å². The third-order valence-electron chi connectivity index (χ3n) is 5.33. The number of nitrogens with zero attached hydrogens (tertiary/aromatic N) is 2. The van der Waals surface area contributed by atoms with E-state index in [0.29, 0.717) is 37.4 Å². The Hall–Kier alpha value is -1.44. The number of halogens is 1. The molecule has 2 aliphatic heterocycles. The van der Waals surface area contributed by atoms with Crippen LogP contribution in [0.3, 0.4) is 0 Å². The highest BCUT2D eigenvalue weighted by Gasteiger charge is 2.31. The maximum Gasteiger partial charge on any atom is 0.229 e. The van der Waals surface area contributed by atoms with Gasteiger partial charge in [-0.05, 0) is 42.9 Å². The summed E-state index contributed by atoms with van der Waals surface area (Å²) in [5, 5.41) is 0.660. The van der Waals surface area contributed by atoms with Gasteiger partial charge in [0.05, 0.1) is 5.75 Å². The van der Waals surface area contributed by atoms with Crippen LogP contribution in [0.5, 0.6) is 0 Å². The predicted octanol–water partition coefficient (Wildman–Crippen LogP) is 2.78. The van der Waals surface area contributed by atoms with Gasteiger partial charge >= 0.3 is 0 Å². The van der Waals surface area contributed by atoms with E-state index in [0.717, 1.165) is 29.7 Å². The van der Waals surface area contributed by atoms with Crippen molar-refractivity contribution in [3.05, 3.63) is 34.9 Å². The topological polar surface area (TPSA) is 74.8 Å². The molecule has 2 fully saturated rings. The minimum absolute atomic E-state index is 0.0535. The summed E-state index contributed by atoms with van der Waals surface area (Å²) in [6.45, 7) is 0.849. The molecule has 0 aromatic heterocycles. The normalized spacial score (nSPS) is 22.7. The van der Waals surface area contributed by atoms with Crippen LogP contribution >= 0.6 is 11.6 Å². The lowest BCUT2D eigenvalue weighted by Gasteiger charge is -2.28. The molecule has 0 radical (unpaired) electrons. The van der Waals surface area contributed by atoms with Crippen LogP contribution in [0.4, 0.5) is 0 Å². The second-order valence-electron chi connectivity index (χ2n) is 7.21. The van der Waals surface area contributed by atoms with Crippen LogP contribution < -0.4 is 0 Å². The van der Waals surface area contributed by atoms with Crippen LogP contribution in [0.1, 0.15) is 50.0 Å². The zero-order valence-corrected chi connectivity index (χ0v) is 16.8. The zero-order chi connectivity index (χ0) is 19.4. The SMILES string of the molecule is O=C1CCCC(=O)N1CCS(=O)(=O)N1CCCCC(c2ccc(Cl)cc2)C1. The minimum atomic E-state index is -3.54. The number of hydrogen-bond acceptors (Lipinski definition) is 4. The fourth-order valence-corrected chi connectivity index (χ4v) is 5.36. The Balaban J connectivity index is 1.67. The van der Waals surface area contributed by atoms with Gasteiger partial charge in [0.2, 0.25) is 21.8 Å². The molecule has 1 aromatic carbocycles. The van der Waals surface area contributed by atoms with E-state index in [4.69, 9.17) is 11.6 Å². The molecule has 0 N–H and O–H groups in total. The van der Waals surface area contributed by atoms with E-state index >= 15 is 0 Å². The lowest BCUT2D eigenvalue weighted by atomic mass is 9.95. The standard InChI is InChI=1S/C19H25ClN2O4S/c20-17-9-7-15(8-10-17)16-4-1-2-11-21(14-16)27(25,26)13-12-22-18(23)5-3-6-19(22)24/h7-10,16H,1-6,11-14H2. The number of imide groups is 1. The summed E-state index contributed by atoms with van der Waals surface area (Å²) in [7, 11) is -3.54. The Morgan fingerprint density at radius 2 is 1.67 bits per heavy atom. The molecule has 3 rings (SSSR count). The average molecular weight is 413 g/mol. The third kappa shape index (κ3) is 5.09. The van der Waals surface area contributed by atoms with Crippen molar-refractivity contribution in [3.63, 3.8) is 0 Å². The molecular weight excluding hydrogens is 388 g/mol. The Kier molecular flexibility index (Phi) is 6.55. The molecule has 8 heteroatoms. The van der Waals surface area contributed by atoms with Gasteiger partial charge in [-0.2, -0.15) is 0 Å². The quantitative estimate of drug-likeness (QED) is 0.697. The van der Waals surface area contributed by atoms with Crippen LogP contribution in [0, 0.1) is 0 Å². The number of hydrogen-bond donors (Lipinski definition) is 0. The van der Waals surface area contributed by atoms with Gasteiger partial charge in [0.25, 0.3) is 0 Å². The van der Waals surface area contributed by atoms with E-state index in [2.05, 4.69) is 0 Å². The Labute approximate surface area is 165 Å². The van der Waals surface area contributed by atoms with Crippen molar-refractivity contribution < 1.29 is 18.0 Å². The molecule has 1 unspecified atom stereocenters.